The molecule has 0 radical (unpaired) electrons. The van der Waals surface area contributed by atoms with Crippen LogP contribution in [-0.4, -0.2) is 47.5 Å². The molecule has 2 aliphatic rings. The van der Waals surface area contributed by atoms with Gasteiger partial charge in [0.15, 0.2) is 5.82 Å². The van der Waals surface area contributed by atoms with Gasteiger partial charge in [-0.3, -0.25) is 9.58 Å². The molecule has 8 heteroatoms. The van der Waals surface area contributed by atoms with Gasteiger partial charge < -0.3 is 4.57 Å². The Balaban J connectivity index is 1.29. The third-order valence-corrected chi connectivity index (χ3v) is 6.13. The van der Waals surface area contributed by atoms with Gasteiger partial charge in [0.25, 0.3) is 0 Å². The molecular weight excluding hydrogens is 346 g/mol. The van der Waals surface area contributed by atoms with Crippen LogP contribution in [0.2, 0.25) is 0 Å². The number of hydrogen-bond acceptors (Lipinski definition) is 6. The van der Waals surface area contributed by atoms with E-state index < -0.39 is 0 Å². The Hall–Kier alpha value is -2.06. The normalized spacial score (nSPS) is 19.2. The summed E-state index contributed by atoms with van der Waals surface area (Å²) in [7, 11) is 0. The lowest BCUT2D eigenvalue weighted by Gasteiger charge is -2.31. The van der Waals surface area contributed by atoms with Gasteiger partial charge in [-0.25, -0.2) is 4.98 Å². The van der Waals surface area contributed by atoms with Crippen LogP contribution in [0.5, 0.6) is 0 Å². The van der Waals surface area contributed by atoms with E-state index in [0.717, 1.165) is 38.3 Å². The van der Waals surface area contributed by atoms with Crippen LogP contribution in [0.4, 0.5) is 0 Å². The number of rotatable bonds is 6. The van der Waals surface area contributed by atoms with Crippen LogP contribution in [0.25, 0.3) is 0 Å². The summed E-state index contributed by atoms with van der Waals surface area (Å²) in [5.74, 6) is 2.77. The van der Waals surface area contributed by atoms with Crippen molar-refractivity contribution in [1.82, 2.24) is 34.4 Å². The molecule has 0 spiro atoms. The molecule has 26 heavy (non-hydrogen) atoms. The van der Waals surface area contributed by atoms with Gasteiger partial charge in [-0.1, -0.05) is 0 Å². The Kier molecular flexibility index (Phi) is 4.30. The van der Waals surface area contributed by atoms with Gasteiger partial charge in [-0.2, -0.15) is 5.10 Å². The maximum atomic E-state index is 4.63. The van der Waals surface area contributed by atoms with Crippen LogP contribution in [0, 0.1) is 0 Å². The highest BCUT2D eigenvalue weighted by atomic mass is 32.1. The first kappa shape index (κ1) is 16.1. The molecule has 1 aliphatic heterocycles. The zero-order chi connectivity index (χ0) is 17.3. The van der Waals surface area contributed by atoms with Crippen LogP contribution in [-0.2, 0) is 13.1 Å². The quantitative estimate of drug-likeness (QED) is 0.668. The molecule has 5 rings (SSSR count). The molecule has 3 aromatic heterocycles. The molecule has 0 atom stereocenters. The van der Waals surface area contributed by atoms with Gasteiger partial charge in [0.1, 0.15) is 17.4 Å². The molecule has 0 bridgehead atoms. The largest absolute Gasteiger partial charge is 0.310 e. The van der Waals surface area contributed by atoms with Crippen LogP contribution >= 0.6 is 11.3 Å². The van der Waals surface area contributed by atoms with Crippen LogP contribution in [0.3, 0.4) is 0 Å². The van der Waals surface area contributed by atoms with Crippen molar-refractivity contribution in [1.29, 1.82) is 0 Å². The zero-order valence-electron chi connectivity index (χ0n) is 14.7. The van der Waals surface area contributed by atoms with E-state index in [1.807, 2.05) is 29.3 Å². The topological polar surface area (TPSA) is 64.7 Å². The molecule has 0 unspecified atom stereocenters. The van der Waals surface area contributed by atoms with Crippen LogP contribution in [0.1, 0.15) is 54.3 Å². The average molecular weight is 369 g/mol. The summed E-state index contributed by atoms with van der Waals surface area (Å²) in [5, 5.41) is 16.8. The van der Waals surface area contributed by atoms with Crippen molar-refractivity contribution in [2.75, 3.05) is 13.1 Å². The van der Waals surface area contributed by atoms with Gasteiger partial charge in [0.2, 0.25) is 0 Å². The first-order valence-corrected chi connectivity index (χ1v) is 10.3. The molecule has 1 saturated carbocycles. The molecule has 136 valence electrons. The van der Waals surface area contributed by atoms with E-state index in [2.05, 4.69) is 35.1 Å². The summed E-state index contributed by atoms with van der Waals surface area (Å²) >= 11 is 1.75. The number of hydrogen-bond donors (Lipinski definition) is 0. The summed E-state index contributed by atoms with van der Waals surface area (Å²) in [4.78, 5) is 6.93. The predicted molar refractivity (Wildman–Crippen MR) is 99.0 cm³/mol. The monoisotopic (exact) mass is 369 g/mol. The Bertz CT molecular complexity index is 827. The maximum Gasteiger partial charge on any atom is 0.155 e. The van der Waals surface area contributed by atoms with Gasteiger partial charge >= 0.3 is 0 Å². The van der Waals surface area contributed by atoms with Crippen LogP contribution in [0.15, 0.2) is 30.0 Å². The lowest BCUT2D eigenvalue weighted by molar-refractivity contribution is 0.199. The number of piperidine rings is 1. The minimum atomic E-state index is 0.516. The van der Waals surface area contributed by atoms with Crippen LogP contribution < -0.4 is 0 Å². The Morgan fingerprint density at radius 3 is 2.62 bits per heavy atom. The first-order chi connectivity index (χ1) is 12.9. The van der Waals surface area contributed by atoms with Gasteiger partial charge in [0, 0.05) is 35.9 Å². The fourth-order valence-electron chi connectivity index (χ4n) is 3.86. The highest BCUT2D eigenvalue weighted by molar-refractivity contribution is 7.09. The Morgan fingerprint density at radius 2 is 1.92 bits per heavy atom. The second kappa shape index (κ2) is 6.92. The second-order valence-electron chi connectivity index (χ2n) is 7.26. The van der Waals surface area contributed by atoms with E-state index in [9.17, 15) is 0 Å². The minimum Gasteiger partial charge on any atom is -0.310 e. The summed E-state index contributed by atoms with van der Waals surface area (Å²) in [6, 6.07) is 2.55. The smallest absolute Gasteiger partial charge is 0.155 e. The third kappa shape index (κ3) is 3.31. The highest BCUT2D eigenvalue weighted by Crippen LogP contribution is 2.40. The van der Waals surface area contributed by atoms with E-state index in [0.29, 0.717) is 18.5 Å². The zero-order valence-corrected chi connectivity index (χ0v) is 15.6. The van der Waals surface area contributed by atoms with Gasteiger partial charge in [-0.05, 0) is 44.8 Å². The third-order valence-electron chi connectivity index (χ3n) is 5.36. The van der Waals surface area contributed by atoms with Crippen molar-refractivity contribution in [3.8, 4) is 0 Å². The lowest BCUT2D eigenvalue weighted by atomic mass is 9.96. The predicted octanol–water partition coefficient (Wildman–Crippen LogP) is 2.69. The maximum absolute atomic E-state index is 4.63. The standard InChI is InChI=1S/C18H23N7S/c1-6-20-24(8-1)12-16-21-22-18(25(16)15-2-3-15)14-4-9-23(10-5-14)13-17-19-7-11-26-17/h1,6-8,11,14-15H,2-5,9-10,12-13H2. The molecular formula is C18H23N7S. The minimum absolute atomic E-state index is 0.516. The highest BCUT2D eigenvalue weighted by Gasteiger charge is 2.33. The average Bonchev–Trinajstić information content (AvgIpc) is 3.07. The molecule has 0 N–H and O–H groups in total. The fourth-order valence-corrected chi connectivity index (χ4v) is 4.52. The summed E-state index contributed by atoms with van der Waals surface area (Å²) in [6.45, 7) is 3.90. The molecule has 0 aromatic carbocycles. The van der Waals surface area contributed by atoms with E-state index >= 15 is 0 Å². The molecule has 0 amide bonds. The SMILES string of the molecule is c1cnn(Cc2nnc(C3CCN(Cc4nccs4)CC3)n2C2CC2)c1. The van der Waals surface area contributed by atoms with E-state index in [1.165, 1.54) is 23.7 Å². The van der Waals surface area contributed by atoms with E-state index in [4.69, 9.17) is 0 Å². The Morgan fingerprint density at radius 1 is 1.04 bits per heavy atom. The number of nitrogens with zero attached hydrogens (tertiary/aromatic N) is 7. The van der Waals surface area contributed by atoms with Gasteiger partial charge in [0.05, 0.1) is 6.54 Å². The van der Waals surface area contributed by atoms with Crippen molar-refractivity contribution in [2.24, 2.45) is 0 Å². The molecule has 7 nitrogen and oxygen atoms in total. The van der Waals surface area contributed by atoms with Crippen molar-refractivity contribution >= 4 is 11.3 Å². The fraction of sp³-hybridized carbons (Fsp3) is 0.556. The van der Waals surface area contributed by atoms with Gasteiger partial charge in [-0.15, -0.1) is 21.5 Å². The summed E-state index contributed by atoms with van der Waals surface area (Å²) < 4.78 is 4.35. The molecule has 1 saturated heterocycles. The summed E-state index contributed by atoms with van der Waals surface area (Å²) in [5.41, 5.74) is 0. The number of aromatic nitrogens is 6. The number of thiazole rings is 1. The van der Waals surface area contributed by atoms with E-state index in [-0.39, 0.29) is 0 Å². The number of likely N-dealkylation sites (tertiary alicyclic amines) is 1. The molecule has 2 fully saturated rings. The molecule has 1 aliphatic carbocycles. The molecule has 3 aromatic rings. The van der Waals surface area contributed by atoms with Crippen molar-refractivity contribution in [2.45, 2.75) is 50.7 Å². The van der Waals surface area contributed by atoms with Crippen molar-refractivity contribution in [3.05, 3.63) is 46.7 Å². The van der Waals surface area contributed by atoms with Crippen molar-refractivity contribution in [3.63, 3.8) is 0 Å². The summed E-state index contributed by atoms with van der Waals surface area (Å²) in [6.07, 6.45) is 10.5. The Labute approximate surface area is 156 Å². The molecule has 4 heterocycles. The lowest BCUT2D eigenvalue weighted by Crippen LogP contribution is -2.33. The second-order valence-corrected chi connectivity index (χ2v) is 8.23. The van der Waals surface area contributed by atoms with E-state index in [1.54, 1.807) is 11.3 Å². The first-order valence-electron chi connectivity index (χ1n) is 9.38. The van der Waals surface area contributed by atoms with Crippen molar-refractivity contribution < 1.29 is 0 Å².